The van der Waals surface area contributed by atoms with E-state index in [9.17, 15) is 4.79 Å². The van der Waals surface area contributed by atoms with Gasteiger partial charge in [-0.15, -0.1) is 0 Å². The summed E-state index contributed by atoms with van der Waals surface area (Å²) in [4.78, 5) is 16.9. The molecule has 3 rings (SSSR count). The summed E-state index contributed by atoms with van der Waals surface area (Å²) in [5.41, 5.74) is 2.51. The highest BCUT2D eigenvalue weighted by atomic mass is 79.9. The van der Waals surface area contributed by atoms with Gasteiger partial charge in [0, 0.05) is 17.1 Å². The summed E-state index contributed by atoms with van der Waals surface area (Å²) < 4.78 is 2.73. The molecular weight excluding hydrogens is 352 g/mol. The molecule has 3 nitrogen and oxygen atoms in total. The minimum Gasteiger partial charge on any atom is -0.331 e. The van der Waals surface area contributed by atoms with Crippen LogP contribution in [0.2, 0.25) is 5.02 Å². The molecule has 0 aliphatic carbocycles. The van der Waals surface area contributed by atoms with Crippen LogP contribution in [0.1, 0.15) is 16.2 Å². The van der Waals surface area contributed by atoms with Gasteiger partial charge in [-0.2, -0.15) is 0 Å². The van der Waals surface area contributed by atoms with E-state index in [0.29, 0.717) is 10.6 Å². The van der Waals surface area contributed by atoms with Crippen LogP contribution in [-0.4, -0.2) is 15.3 Å². The van der Waals surface area contributed by atoms with E-state index in [4.69, 9.17) is 11.6 Å². The zero-order chi connectivity index (χ0) is 15.0. The first-order valence-corrected chi connectivity index (χ1v) is 7.62. The first-order valence-electron chi connectivity index (χ1n) is 6.45. The summed E-state index contributed by atoms with van der Waals surface area (Å²) in [6.45, 7) is 0. The van der Waals surface area contributed by atoms with Crippen LogP contribution in [0.5, 0.6) is 0 Å². The molecule has 1 aromatic heterocycles. The van der Waals surface area contributed by atoms with E-state index in [-0.39, 0.29) is 12.2 Å². The fraction of sp³-hybridized carbons (Fsp3) is 0.125. The summed E-state index contributed by atoms with van der Waals surface area (Å²) in [6, 6.07) is 13.1. The van der Waals surface area contributed by atoms with Crippen LogP contribution in [0.3, 0.4) is 0 Å². The Morgan fingerprint density at radius 3 is 2.76 bits per heavy atom. The van der Waals surface area contributed by atoms with Gasteiger partial charge in [-0.1, -0.05) is 29.8 Å². The molecule has 0 N–H and O–H groups in total. The summed E-state index contributed by atoms with van der Waals surface area (Å²) in [6.07, 6.45) is 0.253. The number of nitrogens with zero attached hydrogens (tertiary/aromatic N) is 2. The largest absolute Gasteiger partial charge is 0.331 e. The summed E-state index contributed by atoms with van der Waals surface area (Å²) >= 11 is 9.36. The van der Waals surface area contributed by atoms with Crippen molar-refractivity contribution >= 4 is 44.3 Å². The van der Waals surface area contributed by atoms with Gasteiger partial charge >= 0.3 is 0 Å². The van der Waals surface area contributed by atoms with Gasteiger partial charge in [0.2, 0.25) is 0 Å². The first kappa shape index (κ1) is 14.3. The summed E-state index contributed by atoms with van der Waals surface area (Å²) in [5.74, 6) is 0.753. The maximum absolute atomic E-state index is 12.4. The lowest BCUT2D eigenvalue weighted by Gasteiger charge is -2.04. The number of Topliss-reactive ketones (excluding diaryl/α,β-unsaturated/α-hetero) is 1. The lowest BCUT2D eigenvalue weighted by molar-refractivity contribution is 0.0990. The highest BCUT2D eigenvalue weighted by molar-refractivity contribution is 9.10. The van der Waals surface area contributed by atoms with Crippen LogP contribution in [-0.2, 0) is 13.5 Å². The van der Waals surface area contributed by atoms with Crippen molar-refractivity contribution in [1.29, 1.82) is 0 Å². The third kappa shape index (κ3) is 2.74. The number of imidazole rings is 1. The molecule has 2 aromatic carbocycles. The molecule has 5 heteroatoms. The van der Waals surface area contributed by atoms with E-state index in [1.165, 1.54) is 0 Å². The van der Waals surface area contributed by atoms with E-state index in [0.717, 1.165) is 21.3 Å². The molecule has 0 aliphatic rings. The second kappa shape index (κ2) is 5.62. The molecule has 0 unspecified atom stereocenters. The average molecular weight is 364 g/mol. The highest BCUT2D eigenvalue weighted by Gasteiger charge is 2.14. The molecule has 0 amide bonds. The highest BCUT2D eigenvalue weighted by Crippen LogP contribution is 2.24. The molecule has 1 heterocycles. The van der Waals surface area contributed by atoms with Crippen LogP contribution < -0.4 is 0 Å². The van der Waals surface area contributed by atoms with Crippen molar-refractivity contribution in [3.8, 4) is 0 Å². The second-order valence-electron chi connectivity index (χ2n) is 4.80. The van der Waals surface area contributed by atoms with Crippen LogP contribution >= 0.6 is 27.5 Å². The van der Waals surface area contributed by atoms with Crippen LogP contribution in [0, 0.1) is 0 Å². The molecule has 0 aliphatic heterocycles. The molecule has 0 bridgehead atoms. The monoisotopic (exact) mass is 362 g/mol. The number of para-hydroxylation sites is 2. The Bertz CT molecular complexity index is 841. The smallest absolute Gasteiger partial charge is 0.170 e. The number of carbonyl (C=O) groups is 1. The predicted octanol–water partition coefficient (Wildman–Crippen LogP) is 4.41. The number of hydrogen-bond donors (Lipinski definition) is 0. The van der Waals surface area contributed by atoms with Gasteiger partial charge in [0.15, 0.2) is 5.78 Å². The Hall–Kier alpha value is -1.65. The Labute approximate surface area is 135 Å². The van der Waals surface area contributed by atoms with Crippen molar-refractivity contribution in [1.82, 2.24) is 9.55 Å². The number of rotatable bonds is 3. The topological polar surface area (TPSA) is 34.9 Å². The Balaban J connectivity index is 1.92. The van der Waals surface area contributed by atoms with Crippen molar-refractivity contribution in [2.45, 2.75) is 6.42 Å². The average Bonchev–Trinajstić information content (AvgIpc) is 2.79. The van der Waals surface area contributed by atoms with Crippen molar-refractivity contribution < 1.29 is 4.79 Å². The van der Waals surface area contributed by atoms with Crippen LogP contribution in [0.4, 0.5) is 0 Å². The number of benzene rings is 2. The molecule has 106 valence electrons. The van der Waals surface area contributed by atoms with Gasteiger partial charge in [0.25, 0.3) is 0 Å². The molecule has 0 radical (unpaired) electrons. The quantitative estimate of drug-likeness (QED) is 0.646. The number of fused-ring (bicyclic) bond motifs is 1. The number of aryl methyl sites for hydroxylation is 1. The van der Waals surface area contributed by atoms with Crippen LogP contribution in [0.15, 0.2) is 46.9 Å². The minimum absolute atomic E-state index is 0.00260. The third-order valence-electron chi connectivity index (χ3n) is 3.44. The molecule has 0 atom stereocenters. The standard InChI is InChI=1S/C16H12BrClN2O/c1-20-14-5-3-2-4-13(14)19-16(20)9-15(21)10-6-7-11(17)12(18)8-10/h2-8H,9H2,1H3. The SMILES string of the molecule is Cn1c(CC(=O)c2ccc(Br)c(Cl)c2)nc2ccccc21. The molecule has 0 spiro atoms. The third-order valence-corrected chi connectivity index (χ3v) is 4.67. The number of carbonyl (C=O) groups excluding carboxylic acids is 1. The number of ketones is 1. The van der Waals surface area contributed by atoms with E-state index >= 15 is 0 Å². The van der Waals surface area contributed by atoms with Gasteiger partial charge in [0.05, 0.1) is 22.5 Å². The van der Waals surface area contributed by atoms with Crippen molar-refractivity contribution in [3.63, 3.8) is 0 Å². The van der Waals surface area contributed by atoms with Crippen molar-refractivity contribution in [2.24, 2.45) is 7.05 Å². The van der Waals surface area contributed by atoms with Crippen LogP contribution in [0.25, 0.3) is 11.0 Å². The van der Waals surface area contributed by atoms with Crippen molar-refractivity contribution in [2.75, 3.05) is 0 Å². The summed E-state index contributed by atoms with van der Waals surface area (Å²) in [7, 11) is 1.92. The number of aromatic nitrogens is 2. The maximum atomic E-state index is 12.4. The normalized spacial score (nSPS) is 11.0. The zero-order valence-corrected chi connectivity index (χ0v) is 13.6. The fourth-order valence-electron chi connectivity index (χ4n) is 2.27. The van der Waals surface area contributed by atoms with E-state index in [2.05, 4.69) is 20.9 Å². The molecular formula is C16H12BrClN2O. The van der Waals surface area contributed by atoms with Gasteiger partial charge in [-0.05, 0) is 40.2 Å². The van der Waals surface area contributed by atoms with Gasteiger partial charge in [-0.3, -0.25) is 4.79 Å². The van der Waals surface area contributed by atoms with E-state index in [1.54, 1.807) is 18.2 Å². The number of hydrogen-bond acceptors (Lipinski definition) is 2. The van der Waals surface area contributed by atoms with Gasteiger partial charge < -0.3 is 4.57 Å². The first-order chi connectivity index (χ1) is 10.1. The van der Waals surface area contributed by atoms with Gasteiger partial charge in [0.1, 0.15) is 5.82 Å². The molecule has 21 heavy (non-hydrogen) atoms. The summed E-state index contributed by atoms with van der Waals surface area (Å²) in [5, 5.41) is 0.533. The number of halogens is 2. The van der Waals surface area contributed by atoms with Crippen molar-refractivity contribution in [3.05, 3.63) is 63.3 Å². The Morgan fingerprint density at radius 1 is 1.29 bits per heavy atom. The lowest BCUT2D eigenvalue weighted by atomic mass is 10.1. The molecule has 3 aromatic rings. The predicted molar refractivity (Wildman–Crippen MR) is 87.9 cm³/mol. The van der Waals surface area contributed by atoms with E-state index < -0.39 is 0 Å². The minimum atomic E-state index is 0.00260. The Morgan fingerprint density at radius 2 is 2.05 bits per heavy atom. The molecule has 0 saturated carbocycles. The maximum Gasteiger partial charge on any atom is 0.170 e. The lowest BCUT2D eigenvalue weighted by Crippen LogP contribution is -2.08. The molecule has 0 saturated heterocycles. The molecule has 0 fully saturated rings. The fourth-order valence-corrected chi connectivity index (χ4v) is 2.70. The zero-order valence-electron chi connectivity index (χ0n) is 11.3. The second-order valence-corrected chi connectivity index (χ2v) is 6.07. The van der Waals surface area contributed by atoms with E-state index in [1.807, 2.05) is 35.9 Å². The van der Waals surface area contributed by atoms with Gasteiger partial charge in [-0.25, -0.2) is 4.98 Å². The Kier molecular flexibility index (Phi) is 3.83.